The van der Waals surface area contributed by atoms with Crippen molar-refractivity contribution in [3.05, 3.63) is 59.7 Å². The van der Waals surface area contributed by atoms with Crippen molar-refractivity contribution >= 4 is 21.4 Å². The van der Waals surface area contributed by atoms with Crippen LogP contribution in [0.1, 0.15) is 17.5 Å². The number of hydrogen-bond acceptors (Lipinski definition) is 5. The molecule has 140 valence electrons. The molecule has 1 unspecified atom stereocenters. The lowest BCUT2D eigenvalue weighted by Gasteiger charge is -2.13. The molecule has 0 aromatic heterocycles. The van der Waals surface area contributed by atoms with Crippen LogP contribution in [0, 0.1) is 6.92 Å². The highest BCUT2D eigenvalue weighted by molar-refractivity contribution is 7.90. The van der Waals surface area contributed by atoms with E-state index in [1.54, 1.807) is 24.3 Å². The number of sulfone groups is 1. The quantitative estimate of drug-likeness (QED) is 0.736. The van der Waals surface area contributed by atoms with Crippen LogP contribution in [-0.4, -0.2) is 32.4 Å². The molecule has 0 aliphatic carbocycles. The molecule has 26 heavy (non-hydrogen) atoms. The van der Waals surface area contributed by atoms with Crippen LogP contribution >= 0.6 is 0 Å². The van der Waals surface area contributed by atoms with Crippen molar-refractivity contribution < 1.29 is 17.9 Å². The van der Waals surface area contributed by atoms with Gasteiger partial charge < -0.3 is 15.8 Å². The van der Waals surface area contributed by atoms with Crippen molar-refractivity contribution in [2.75, 3.05) is 17.3 Å². The van der Waals surface area contributed by atoms with Gasteiger partial charge in [0.05, 0.1) is 11.8 Å². The number of benzene rings is 2. The van der Waals surface area contributed by atoms with Crippen molar-refractivity contribution in [1.82, 2.24) is 0 Å². The Morgan fingerprint density at radius 1 is 1.19 bits per heavy atom. The summed E-state index contributed by atoms with van der Waals surface area (Å²) in [6, 6.07) is 14.1. The third-order valence-corrected chi connectivity index (χ3v) is 4.87. The minimum Gasteiger partial charge on any atom is -0.489 e. The summed E-state index contributed by atoms with van der Waals surface area (Å²) >= 11 is 0. The number of carbonyl (C=O) groups excluding carboxylic acids is 1. The largest absolute Gasteiger partial charge is 0.489 e. The Kier molecular flexibility index (Phi) is 6.76. The smallest absolute Gasteiger partial charge is 0.241 e. The van der Waals surface area contributed by atoms with E-state index in [9.17, 15) is 13.2 Å². The van der Waals surface area contributed by atoms with E-state index in [-0.39, 0.29) is 12.2 Å². The van der Waals surface area contributed by atoms with Gasteiger partial charge in [-0.1, -0.05) is 30.3 Å². The number of anilines is 1. The van der Waals surface area contributed by atoms with Crippen LogP contribution < -0.4 is 15.8 Å². The predicted octanol–water partition coefficient (Wildman–Crippen LogP) is 2.27. The van der Waals surface area contributed by atoms with Gasteiger partial charge in [0.2, 0.25) is 5.91 Å². The molecule has 2 aromatic carbocycles. The van der Waals surface area contributed by atoms with Gasteiger partial charge in [-0.05, 0) is 36.6 Å². The van der Waals surface area contributed by atoms with Gasteiger partial charge in [0.1, 0.15) is 22.2 Å². The lowest BCUT2D eigenvalue weighted by molar-refractivity contribution is -0.117. The van der Waals surface area contributed by atoms with Gasteiger partial charge in [-0.15, -0.1) is 0 Å². The Morgan fingerprint density at radius 2 is 1.92 bits per heavy atom. The van der Waals surface area contributed by atoms with Crippen LogP contribution in [0.3, 0.4) is 0 Å². The Morgan fingerprint density at radius 3 is 2.62 bits per heavy atom. The first-order valence-corrected chi connectivity index (χ1v) is 10.3. The molecule has 1 amide bonds. The maximum absolute atomic E-state index is 12.1. The van der Waals surface area contributed by atoms with E-state index in [0.717, 1.165) is 17.4 Å². The van der Waals surface area contributed by atoms with E-state index in [1.807, 2.05) is 31.2 Å². The van der Waals surface area contributed by atoms with Crippen LogP contribution in [0.15, 0.2) is 48.5 Å². The van der Waals surface area contributed by atoms with E-state index >= 15 is 0 Å². The minimum atomic E-state index is -3.15. The van der Waals surface area contributed by atoms with Crippen molar-refractivity contribution in [3.8, 4) is 5.75 Å². The monoisotopic (exact) mass is 376 g/mol. The average Bonchev–Trinajstić information content (AvgIpc) is 2.58. The molecule has 1 atom stereocenters. The third-order valence-electron chi connectivity index (χ3n) is 3.89. The molecule has 3 N–H and O–H groups in total. The molecule has 6 nitrogen and oxygen atoms in total. The van der Waals surface area contributed by atoms with Gasteiger partial charge in [0, 0.05) is 18.0 Å². The van der Waals surface area contributed by atoms with Gasteiger partial charge in [0.15, 0.2) is 0 Å². The topological polar surface area (TPSA) is 98.5 Å². The van der Waals surface area contributed by atoms with Crippen molar-refractivity contribution in [1.29, 1.82) is 0 Å². The maximum Gasteiger partial charge on any atom is 0.241 e. The number of ether oxygens (including phenoxy) is 1. The molecule has 2 aromatic rings. The number of nitrogens with two attached hydrogens (primary N) is 1. The second-order valence-electron chi connectivity index (χ2n) is 6.26. The van der Waals surface area contributed by atoms with Crippen molar-refractivity contribution in [3.63, 3.8) is 0 Å². The Bertz CT molecular complexity index is 865. The lowest BCUT2D eigenvalue weighted by atomic mass is 10.1. The zero-order valence-electron chi connectivity index (χ0n) is 14.9. The molecule has 2 rings (SSSR count). The van der Waals surface area contributed by atoms with E-state index in [4.69, 9.17) is 10.5 Å². The second-order valence-corrected chi connectivity index (χ2v) is 8.52. The number of aryl methyl sites for hydroxylation is 1. The lowest BCUT2D eigenvalue weighted by Crippen LogP contribution is -2.37. The summed E-state index contributed by atoms with van der Waals surface area (Å²) in [5.74, 6) is 0.0710. The number of hydrogen-bond donors (Lipinski definition) is 2. The summed E-state index contributed by atoms with van der Waals surface area (Å²) in [6.45, 7) is 2.45. The van der Waals surface area contributed by atoms with Gasteiger partial charge in [-0.3, -0.25) is 4.79 Å². The molecule has 0 aliphatic heterocycles. The molecule has 0 bridgehead atoms. The maximum atomic E-state index is 12.1. The summed E-state index contributed by atoms with van der Waals surface area (Å²) in [4.78, 5) is 12.1. The van der Waals surface area contributed by atoms with E-state index in [0.29, 0.717) is 18.0 Å². The molecule has 7 heteroatoms. The average molecular weight is 376 g/mol. The Labute approximate surface area is 154 Å². The van der Waals surface area contributed by atoms with Crippen LogP contribution in [0.2, 0.25) is 0 Å². The fraction of sp³-hybridized carbons (Fsp3) is 0.316. The number of rotatable bonds is 8. The molecular weight excluding hydrogens is 352 g/mol. The van der Waals surface area contributed by atoms with Crippen molar-refractivity contribution in [2.45, 2.75) is 26.0 Å². The number of nitrogens with one attached hydrogen (secondary N) is 1. The van der Waals surface area contributed by atoms with Gasteiger partial charge >= 0.3 is 0 Å². The molecule has 0 aliphatic rings. The highest BCUT2D eigenvalue weighted by Gasteiger charge is 2.16. The van der Waals surface area contributed by atoms with Crippen LogP contribution in [0.25, 0.3) is 0 Å². The third kappa shape index (κ3) is 6.50. The summed E-state index contributed by atoms with van der Waals surface area (Å²) in [5.41, 5.74) is 8.54. The van der Waals surface area contributed by atoms with Crippen LogP contribution in [0.5, 0.6) is 5.75 Å². The first-order valence-electron chi connectivity index (χ1n) is 8.26. The van der Waals surface area contributed by atoms with E-state index in [2.05, 4.69) is 5.32 Å². The van der Waals surface area contributed by atoms with Gasteiger partial charge in [0.25, 0.3) is 0 Å². The van der Waals surface area contributed by atoms with Crippen molar-refractivity contribution in [2.24, 2.45) is 5.73 Å². The van der Waals surface area contributed by atoms with Crippen LogP contribution in [0.4, 0.5) is 5.69 Å². The fourth-order valence-corrected chi connectivity index (χ4v) is 2.99. The molecular formula is C19H24N2O4S. The van der Waals surface area contributed by atoms with E-state index in [1.165, 1.54) is 0 Å². The Balaban J connectivity index is 1.94. The fourth-order valence-electron chi connectivity index (χ4n) is 2.30. The first-order chi connectivity index (χ1) is 12.2. The number of carbonyl (C=O) groups is 1. The zero-order chi connectivity index (χ0) is 19.2. The molecule has 0 saturated heterocycles. The summed E-state index contributed by atoms with van der Waals surface area (Å²) < 4.78 is 28.1. The SMILES string of the molecule is Cc1ccccc1COc1cccc(NC(=O)C(N)CCS(C)(=O)=O)c1. The van der Waals surface area contributed by atoms with Gasteiger partial charge in [-0.2, -0.15) is 0 Å². The summed E-state index contributed by atoms with van der Waals surface area (Å²) in [7, 11) is -3.15. The predicted molar refractivity (Wildman–Crippen MR) is 103 cm³/mol. The molecule has 0 fully saturated rings. The zero-order valence-corrected chi connectivity index (χ0v) is 15.8. The second kappa shape index (κ2) is 8.82. The minimum absolute atomic E-state index is 0.0775. The van der Waals surface area contributed by atoms with Crippen LogP contribution in [-0.2, 0) is 21.2 Å². The first kappa shape index (κ1) is 19.9. The molecule has 0 radical (unpaired) electrons. The highest BCUT2D eigenvalue weighted by Crippen LogP contribution is 2.19. The Hall–Kier alpha value is -2.38. The van der Waals surface area contributed by atoms with E-state index < -0.39 is 21.8 Å². The van der Waals surface area contributed by atoms with Gasteiger partial charge in [-0.25, -0.2) is 8.42 Å². The summed E-state index contributed by atoms with van der Waals surface area (Å²) in [6.07, 6.45) is 1.20. The summed E-state index contributed by atoms with van der Waals surface area (Å²) in [5, 5.41) is 2.69. The molecule has 0 saturated carbocycles. The highest BCUT2D eigenvalue weighted by atomic mass is 32.2. The molecule has 0 spiro atoms. The molecule has 0 heterocycles. The standard InChI is InChI=1S/C19H24N2O4S/c1-14-6-3-4-7-15(14)13-25-17-9-5-8-16(12-17)21-19(22)18(20)10-11-26(2,23)24/h3-9,12,18H,10-11,13,20H2,1-2H3,(H,21,22). The normalized spacial score (nSPS) is 12.4. The number of amides is 1.